The minimum atomic E-state index is -3.81. The maximum absolute atomic E-state index is 12.3. The van der Waals surface area contributed by atoms with E-state index in [0.29, 0.717) is 5.76 Å². The number of nitrogens with two attached hydrogens (primary N) is 1. The van der Waals surface area contributed by atoms with Crippen LogP contribution in [-0.2, 0) is 10.0 Å². The van der Waals surface area contributed by atoms with E-state index in [9.17, 15) is 8.42 Å². The second kappa shape index (κ2) is 5.24. The number of nitrogens with one attached hydrogen (secondary N) is 1. The molecule has 0 aliphatic heterocycles. The summed E-state index contributed by atoms with van der Waals surface area (Å²) in [6.45, 7) is 1.67. The molecule has 1 aromatic heterocycles. The largest absolute Gasteiger partial charge is 0.468 e. The van der Waals surface area contributed by atoms with Crippen LogP contribution in [0.2, 0.25) is 5.02 Å². The van der Waals surface area contributed by atoms with Crippen LogP contribution in [0, 0.1) is 0 Å². The zero-order valence-electron chi connectivity index (χ0n) is 10.1. The number of halogens is 1. The van der Waals surface area contributed by atoms with Gasteiger partial charge < -0.3 is 10.2 Å². The third-order valence-electron chi connectivity index (χ3n) is 2.57. The molecule has 0 bridgehead atoms. The van der Waals surface area contributed by atoms with E-state index in [4.69, 9.17) is 21.8 Å². The summed E-state index contributed by atoms with van der Waals surface area (Å²) < 4.78 is 32.1. The summed E-state index contributed by atoms with van der Waals surface area (Å²) >= 11 is 5.90. The van der Waals surface area contributed by atoms with Crippen LogP contribution in [0.25, 0.3) is 0 Å². The SMILES string of the molecule is CC(NS(=O)(=O)c1c(N)cccc1Cl)c1ccco1. The molecule has 1 heterocycles. The number of hydrogen-bond acceptors (Lipinski definition) is 4. The minimum absolute atomic E-state index is 0.0825. The Bertz CT molecular complexity index is 648. The predicted molar refractivity (Wildman–Crippen MR) is 73.3 cm³/mol. The molecule has 0 radical (unpaired) electrons. The Morgan fingerprint density at radius 3 is 2.63 bits per heavy atom. The van der Waals surface area contributed by atoms with E-state index in [2.05, 4.69) is 4.72 Å². The third-order valence-corrected chi connectivity index (χ3v) is 4.65. The van der Waals surface area contributed by atoms with Gasteiger partial charge in [-0.1, -0.05) is 17.7 Å². The molecule has 1 atom stereocenters. The lowest BCUT2D eigenvalue weighted by Crippen LogP contribution is -2.27. The van der Waals surface area contributed by atoms with E-state index in [0.717, 1.165) is 0 Å². The lowest BCUT2D eigenvalue weighted by molar-refractivity contribution is 0.459. The van der Waals surface area contributed by atoms with Crippen LogP contribution in [-0.4, -0.2) is 8.42 Å². The summed E-state index contributed by atoms with van der Waals surface area (Å²) in [6.07, 6.45) is 1.48. The standard InChI is InChI=1S/C12H13ClN2O3S/c1-8(11-6-3-7-18-11)15-19(16,17)12-9(13)4-2-5-10(12)14/h2-8,15H,14H2,1H3. The van der Waals surface area contributed by atoms with Gasteiger partial charge in [-0.3, -0.25) is 0 Å². The summed E-state index contributed by atoms with van der Waals surface area (Å²) in [7, 11) is -3.81. The van der Waals surface area contributed by atoms with Gasteiger partial charge in [0.2, 0.25) is 10.0 Å². The van der Waals surface area contributed by atoms with Gasteiger partial charge in [-0.25, -0.2) is 13.1 Å². The van der Waals surface area contributed by atoms with Gasteiger partial charge in [-0.15, -0.1) is 0 Å². The van der Waals surface area contributed by atoms with Crippen molar-refractivity contribution in [3.05, 3.63) is 47.4 Å². The number of hydrogen-bond donors (Lipinski definition) is 2. The van der Waals surface area contributed by atoms with E-state index in [-0.39, 0.29) is 15.6 Å². The molecule has 5 nitrogen and oxygen atoms in total. The molecule has 0 spiro atoms. The molecule has 1 aromatic carbocycles. The molecule has 0 aliphatic rings. The van der Waals surface area contributed by atoms with Crippen molar-refractivity contribution >= 4 is 27.3 Å². The van der Waals surface area contributed by atoms with E-state index >= 15 is 0 Å². The molecule has 0 amide bonds. The summed E-state index contributed by atoms with van der Waals surface area (Å²) in [6, 6.07) is 7.40. The van der Waals surface area contributed by atoms with Gasteiger partial charge in [0.25, 0.3) is 0 Å². The molecular weight excluding hydrogens is 288 g/mol. The van der Waals surface area contributed by atoms with Crippen LogP contribution >= 0.6 is 11.6 Å². The van der Waals surface area contributed by atoms with Gasteiger partial charge in [0.1, 0.15) is 10.7 Å². The average molecular weight is 301 g/mol. The van der Waals surface area contributed by atoms with Crippen molar-refractivity contribution in [3.8, 4) is 0 Å². The number of rotatable bonds is 4. The molecule has 102 valence electrons. The van der Waals surface area contributed by atoms with Crippen molar-refractivity contribution in [1.29, 1.82) is 0 Å². The number of anilines is 1. The highest BCUT2D eigenvalue weighted by atomic mass is 35.5. The van der Waals surface area contributed by atoms with Crippen LogP contribution in [0.3, 0.4) is 0 Å². The molecule has 19 heavy (non-hydrogen) atoms. The molecule has 2 rings (SSSR count). The maximum atomic E-state index is 12.3. The first-order chi connectivity index (χ1) is 8.92. The Kier molecular flexibility index (Phi) is 3.84. The molecule has 7 heteroatoms. The lowest BCUT2D eigenvalue weighted by atomic mass is 10.3. The fourth-order valence-electron chi connectivity index (χ4n) is 1.70. The van der Waals surface area contributed by atoms with E-state index < -0.39 is 16.1 Å². The smallest absolute Gasteiger partial charge is 0.244 e. The zero-order valence-corrected chi connectivity index (χ0v) is 11.7. The fraction of sp³-hybridized carbons (Fsp3) is 0.167. The second-order valence-corrected chi connectivity index (χ2v) is 6.07. The summed E-state index contributed by atoms with van der Waals surface area (Å²) in [5.41, 5.74) is 5.78. The molecular formula is C12H13ClN2O3S. The summed E-state index contributed by atoms with van der Waals surface area (Å²) in [5.74, 6) is 0.509. The van der Waals surface area contributed by atoms with E-state index in [1.165, 1.54) is 18.4 Å². The Labute approximate surface area is 116 Å². The predicted octanol–water partition coefficient (Wildman–Crippen LogP) is 2.55. The first-order valence-corrected chi connectivity index (χ1v) is 7.37. The van der Waals surface area contributed by atoms with E-state index in [1.807, 2.05) is 0 Å². The Morgan fingerprint density at radius 1 is 1.32 bits per heavy atom. The van der Waals surface area contributed by atoms with Crippen LogP contribution in [0.4, 0.5) is 5.69 Å². The van der Waals surface area contributed by atoms with Gasteiger partial charge in [0.15, 0.2) is 0 Å². The van der Waals surface area contributed by atoms with Crippen LogP contribution in [0.1, 0.15) is 18.7 Å². The van der Waals surface area contributed by atoms with Crippen molar-refractivity contribution in [2.24, 2.45) is 0 Å². The first-order valence-electron chi connectivity index (χ1n) is 5.51. The first kappa shape index (κ1) is 13.9. The number of benzene rings is 1. The number of nitrogen functional groups attached to an aromatic ring is 1. The Morgan fingerprint density at radius 2 is 2.05 bits per heavy atom. The van der Waals surface area contributed by atoms with Crippen LogP contribution in [0.15, 0.2) is 45.9 Å². The highest BCUT2D eigenvalue weighted by Crippen LogP contribution is 2.28. The van der Waals surface area contributed by atoms with E-state index in [1.54, 1.807) is 25.1 Å². The molecule has 0 saturated carbocycles. The highest BCUT2D eigenvalue weighted by Gasteiger charge is 2.24. The average Bonchev–Trinajstić information content (AvgIpc) is 2.80. The molecule has 0 fully saturated rings. The van der Waals surface area contributed by atoms with Gasteiger partial charge in [0, 0.05) is 0 Å². The second-order valence-electron chi connectivity index (χ2n) is 4.02. The molecule has 2 aromatic rings. The van der Waals surface area contributed by atoms with Gasteiger partial charge in [-0.2, -0.15) is 0 Å². The molecule has 0 aliphatic carbocycles. The monoisotopic (exact) mass is 300 g/mol. The zero-order chi connectivity index (χ0) is 14.0. The quantitative estimate of drug-likeness (QED) is 0.850. The normalized spacial score (nSPS) is 13.4. The van der Waals surface area contributed by atoms with Crippen molar-refractivity contribution in [2.45, 2.75) is 17.9 Å². The van der Waals surface area contributed by atoms with Crippen molar-refractivity contribution in [1.82, 2.24) is 4.72 Å². The fourth-order valence-corrected chi connectivity index (χ4v) is 3.59. The summed E-state index contributed by atoms with van der Waals surface area (Å²) in [5, 5.41) is 0.0825. The van der Waals surface area contributed by atoms with Crippen molar-refractivity contribution in [2.75, 3.05) is 5.73 Å². The van der Waals surface area contributed by atoms with Gasteiger partial charge in [0.05, 0.1) is 23.0 Å². The van der Waals surface area contributed by atoms with Crippen molar-refractivity contribution < 1.29 is 12.8 Å². The molecule has 1 unspecified atom stereocenters. The topological polar surface area (TPSA) is 85.3 Å². The van der Waals surface area contributed by atoms with Crippen LogP contribution < -0.4 is 10.5 Å². The maximum Gasteiger partial charge on any atom is 0.244 e. The third kappa shape index (κ3) is 2.91. The highest BCUT2D eigenvalue weighted by molar-refractivity contribution is 7.89. The van der Waals surface area contributed by atoms with Crippen LogP contribution in [0.5, 0.6) is 0 Å². The van der Waals surface area contributed by atoms with Gasteiger partial charge in [-0.05, 0) is 31.2 Å². The van der Waals surface area contributed by atoms with Crippen molar-refractivity contribution in [3.63, 3.8) is 0 Å². The molecule has 3 N–H and O–H groups in total. The molecule has 0 saturated heterocycles. The Balaban J connectivity index is 2.33. The minimum Gasteiger partial charge on any atom is -0.468 e. The Hall–Kier alpha value is -1.50. The lowest BCUT2D eigenvalue weighted by Gasteiger charge is -2.14. The van der Waals surface area contributed by atoms with Gasteiger partial charge >= 0.3 is 0 Å². The number of furan rings is 1. The summed E-state index contributed by atoms with van der Waals surface area (Å²) in [4.78, 5) is -0.116. The number of sulfonamides is 1.